The summed E-state index contributed by atoms with van der Waals surface area (Å²) in [6, 6.07) is 8.86. The number of ketones is 1. The molecule has 1 aliphatic rings. The van der Waals surface area contributed by atoms with Crippen molar-refractivity contribution in [3.8, 4) is 5.75 Å². The van der Waals surface area contributed by atoms with Gasteiger partial charge in [-0.25, -0.2) is 4.79 Å². The molecule has 1 aliphatic heterocycles. The molecule has 0 fully saturated rings. The number of benzene rings is 2. The van der Waals surface area contributed by atoms with Gasteiger partial charge < -0.3 is 20.1 Å². The van der Waals surface area contributed by atoms with Crippen molar-refractivity contribution in [1.82, 2.24) is 0 Å². The Morgan fingerprint density at radius 2 is 1.93 bits per heavy atom. The molecule has 0 saturated heterocycles. The number of nitrogens with zero attached hydrogens (tertiary/aromatic N) is 1. The number of likely N-dealkylation sites (N-methyl/N-ethyl adjacent to an activating group) is 1. The number of amides is 2. The molecule has 1 heterocycles. The van der Waals surface area contributed by atoms with Crippen LogP contribution in [0.1, 0.15) is 33.6 Å². The van der Waals surface area contributed by atoms with Crippen LogP contribution < -0.4 is 15.0 Å². The molecule has 0 saturated carbocycles. The molecule has 0 bridgehead atoms. The molecule has 0 atom stereocenters. The van der Waals surface area contributed by atoms with E-state index in [4.69, 9.17) is 21.4 Å². The van der Waals surface area contributed by atoms with Gasteiger partial charge in [0.15, 0.2) is 12.4 Å². The third-order valence-electron chi connectivity index (χ3n) is 4.43. The first-order chi connectivity index (χ1) is 13.8. The van der Waals surface area contributed by atoms with E-state index in [-0.39, 0.29) is 47.4 Å². The van der Waals surface area contributed by atoms with Crippen LogP contribution in [0.2, 0.25) is 5.02 Å². The quantitative estimate of drug-likeness (QED) is 0.700. The number of carbonyl (C=O) groups excluding carboxylic acids is 3. The highest BCUT2D eigenvalue weighted by atomic mass is 35.5. The minimum Gasteiger partial charge on any atom is -0.482 e. The molecule has 2 aromatic carbocycles. The molecule has 2 aromatic rings. The van der Waals surface area contributed by atoms with E-state index >= 15 is 0 Å². The van der Waals surface area contributed by atoms with Gasteiger partial charge in [-0.1, -0.05) is 11.6 Å². The van der Waals surface area contributed by atoms with Gasteiger partial charge in [0.1, 0.15) is 5.75 Å². The number of halogens is 1. The van der Waals surface area contributed by atoms with Crippen LogP contribution in [0, 0.1) is 0 Å². The number of rotatable bonds is 6. The number of ether oxygens (including phenoxy) is 1. The van der Waals surface area contributed by atoms with E-state index in [0.717, 1.165) is 0 Å². The average molecular weight is 417 g/mol. The number of anilines is 2. The molecule has 9 heteroatoms. The normalized spacial score (nSPS) is 12.8. The largest absolute Gasteiger partial charge is 0.482 e. The van der Waals surface area contributed by atoms with Crippen LogP contribution >= 0.6 is 11.6 Å². The number of hydrogen-bond donors (Lipinski definition) is 2. The number of hydrogen-bond acceptors (Lipinski definition) is 5. The zero-order valence-corrected chi connectivity index (χ0v) is 16.2. The van der Waals surface area contributed by atoms with Crippen LogP contribution in [-0.4, -0.2) is 42.3 Å². The number of aromatic carboxylic acids is 1. The second kappa shape index (κ2) is 8.32. The first-order valence-corrected chi connectivity index (χ1v) is 9.03. The van der Waals surface area contributed by atoms with Crippen molar-refractivity contribution in [1.29, 1.82) is 0 Å². The highest BCUT2D eigenvalue weighted by Gasteiger charge is 2.23. The lowest BCUT2D eigenvalue weighted by molar-refractivity contribution is -0.121. The molecule has 8 nitrogen and oxygen atoms in total. The van der Waals surface area contributed by atoms with Crippen molar-refractivity contribution in [3.63, 3.8) is 0 Å². The SMILES string of the molecule is CN1C(=O)COc2ccc(C(=O)CCC(=O)Nc3ccc(Cl)c(C(=O)O)c3)cc21. The zero-order chi connectivity index (χ0) is 21.1. The molecular weight excluding hydrogens is 400 g/mol. The Kier molecular flexibility index (Phi) is 5.84. The molecule has 0 aromatic heterocycles. The first-order valence-electron chi connectivity index (χ1n) is 8.65. The van der Waals surface area contributed by atoms with Gasteiger partial charge in [0, 0.05) is 31.1 Å². The van der Waals surface area contributed by atoms with Gasteiger partial charge in [0.25, 0.3) is 5.91 Å². The van der Waals surface area contributed by atoms with Gasteiger partial charge in [0.2, 0.25) is 5.91 Å². The molecule has 0 spiro atoms. The summed E-state index contributed by atoms with van der Waals surface area (Å²) < 4.78 is 5.32. The number of nitrogens with one attached hydrogen (secondary N) is 1. The molecule has 2 N–H and O–H groups in total. The molecule has 2 amide bonds. The molecule has 0 radical (unpaired) electrons. The fourth-order valence-electron chi connectivity index (χ4n) is 2.81. The Morgan fingerprint density at radius 3 is 2.66 bits per heavy atom. The summed E-state index contributed by atoms with van der Waals surface area (Å²) in [5.74, 6) is -1.62. The lowest BCUT2D eigenvalue weighted by Gasteiger charge is -2.26. The van der Waals surface area contributed by atoms with Crippen LogP contribution in [0.4, 0.5) is 11.4 Å². The lowest BCUT2D eigenvalue weighted by atomic mass is 10.0. The van der Waals surface area contributed by atoms with Crippen molar-refractivity contribution in [2.24, 2.45) is 0 Å². The van der Waals surface area contributed by atoms with Crippen LogP contribution in [0.3, 0.4) is 0 Å². The predicted molar refractivity (Wildman–Crippen MR) is 106 cm³/mol. The summed E-state index contributed by atoms with van der Waals surface area (Å²) >= 11 is 5.80. The zero-order valence-electron chi connectivity index (χ0n) is 15.4. The molecule has 0 aliphatic carbocycles. The van der Waals surface area contributed by atoms with Crippen molar-refractivity contribution < 1.29 is 29.0 Å². The second-order valence-electron chi connectivity index (χ2n) is 6.40. The van der Waals surface area contributed by atoms with E-state index in [0.29, 0.717) is 17.0 Å². The maximum Gasteiger partial charge on any atom is 0.337 e. The number of carbonyl (C=O) groups is 4. The van der Waals surface area contributed by atoms with E-state index in [1.54, 1.807) is 25.2 Å². The van der Waals surface area contributed by atoms with E-state index in [1.165, 1.54) is 23.1 Å². The highest BCUT2D eigenvalue weighted by molar-refractivity contribution is 6.33. The molecule has 0 unspecified atom stereocenters. The minimum absolute atomic E-state index is 0.0503. The Balaban J connectivity index is 1.62. The van der Waals surface area contributed by atoms with Crippen molar-refractivity contribution in [2.75, 3.05) is 23.9 Å². The molecule has 150 valence electrons. The average Bonchev–Trinajstić information content (AvgIpc) is 2.70. The maximum atomic E-state index is 12.4. The van der Waals surface area contributed by atoms with Gasteiger partial charge in [-0.3, -0.25) is 14.4 Å². The molecule has 29 heavy (non-hydrogen) atoms. The second-order valence-corrected chi connectivity index (χ2v) is 6.80. The standard InChI is InChI=1S/C20H17ClN2O6/c1-23-15-8-11(2-6-17(15)29-10-19(23)26)16(24)5-7-18(25)22-12-3-4-14(21)13(9-12)20(27)28/h2-4,6,8-9H,5,7,10H2,1H3,(H,22,25)(H,27,28). The van der Waals surface area contributed by atoms with Crippen molar-refractivity contribution >= 4 is 46.5 Å². The number of Topliss-reactive ketones (excluding diaryl/α,β-unsaturated/α-hetero) is 1. The van der Waals surface area contributed by atoms with Gasteiger partial charge in [-0.15, -0.1) is 0 Å². The maximum absolute atomic E-state index is 12.4. The predicted octanol–water partition coefficient (Wildman–Crippen LogP) is 3.00. The van der Waals surface area contributed by atoms with E-state index in [1.807, 2.05) is 0 Å². The Labute approximate surface area is 171 Å². The van der Waals surface area contributed by atoms with Gasteiger partial charge in [-0.2, -0.15) is 0 Å². The van der Waals surface area contributed by atoms with Crippen molar-refractivity contribution in [2.45, 2.75) is 12.8 Å². The highest BCUT2D eigenvalue weighted by Crippen LogP contribution is 2.32. The van der Waals surface area contributed by atoms with E-state index in [2.05, 4.69) is 5.32 Å². The summed E-state index contributed by atoms with van der Waals surface area (Å²) in [5, 5.41) is 11.7. The summed E-state index contributed by atoms with van der Waals surface area (Å²) in [4.78, 5) is 48.8. The van der Waals surface area contributed by atoms with Crippen molar-refractivity contribution in [3.05, 3.63) is 52.5 Å². The molecular formula is C20H17ClN2O6. The Morgan fingerprint density at radius 1 is 1.17 bits per heavy atom. The summed E-state index contributed by atoms with van der Waals surface area (Å²) in [6.07, 6.45) is -0.144. The minimum atomic E-state index is -1.21. The number of carboxylic acids is 1. The molecule has 3 rings (SSSR count). The summed E-state index contributed by atoms with van der Waals surface area (Å²) in [6.45, 7) is -0.0503. The summed E-state index contributed by atoms with van der Waals surface area (Å²) in [7, 11) is 1.60. The third-order valence-corrected chi connectivity index (χ3v) is 4.76. The topological polar surface area (TPSA) is 113 Å². The van der Waals surface area contributed by atoms with E-state index in [9.17, 15) is 19.2 Å². The van der Waals surface area contributed by atoms with Gasteiger partial charge in [-0.05, 0) is 36.4 Å². The number of carboxylic acid groups (broad SMARTS) is 1. The first kappa shape index (κ1) is 20.3. The fraction of sp³-hybridized carbons (Fsp3) is 0.200. The van der Waals surface area contributed by atoms with Crippen LogP contribution in [0.25, 0.3) is 0 Å². The van der Waals surface area contributed by atoms with Gasteiger partial charge >= 0.3 is 5.97 Å². The van der Waals surface area contributed by atoms with Gasteiger partial charge in [0.05, 0.1) is 16.3 Å². The Bertz CT molecular complexity index is 1020. The monoisotopic (exact) mass is 416 g/mol. The lowest BCUT2D eigenvalue weighted by Crippen LogP contribution is -2.35. The van der Waals surface area contributed by atoms with Crippen LogP contribution in [-0.2, 0) is 9.59 Å². The van der Waals surface area contributed by atoms with E-state index < -0.39 is 11.9 Å². The van der Waals surface area contributed by atoms with Crippen LogP contribution in [0.15, 0.2) is 36.4 Å². The third kappa shape index (κ3) is 4.55. The smallest absolute Gasteiger partial charge is 0.337 e. The Hall–Kier alpha value is -3.39. The fourth-order valence-corrected chi connectivity index (χ4v) is 3.01. The number of fused-ring (bicyclic) bond motifs is 1. The van der Waals surface area contributed by atoms with Crippen LogP contribution in [0.5, 0.6) is 5.75 Å². The summed E-state index contributed by atoms with van der Waals surface area (Å²) in [5.41, 5.74) is 1.01.